The Balaban J connectivity index is 2.56. The Morgan fingerprint density at radius 1 is 1.67 bits per heavy atom. The molecule has 0 fully saturated rings. The Kier molecular flexibility index (Phi) is 4.24. The van der Waals surface area contributed by atoms with E-state index in [9.17, 15) is 4.79 Å². The number of nitrogens with zero attached hydrogens (tertiary/aromatic N) is 1. The highest BCUT2D eigenvalue weighted by Gasteiger charge is 2.14. The molecule has 0 saturated heterocycles. The van der Waals surface area contributed by atoms with Crippen molar-refractivity contribution in [3.63, 3.8) is 0 Å². The number of nitrogens with two attached hydrogens (primary N) is 1. The van der Waals surface area contributed by atoms with Crippen molar-refractivity contribution in [2.24, 2.45) is 5.73 Å². The van der Waals surface area contributed by atoms with E-state index in [4.69, 9.17) is 5.73 Å². The summed E-state index contributed by atoms with van der Waals surface area (Å²) in [5.41, 5.74) is 6.60. The molecule has 0 aliphatic heterocycles. The van der Waals surface area contributed by atoms with Crippen molar-refractivity contribution in [2.45, 2.75) is 32.4 Å². The van der Waals surface area contributed by atoms with Crippen LogP contribution >= 0.6 is 0 Å². The lowest BCUT2D eigenvalue weighted by molar-refractivity contribution is -0.123. The summed E-state index contributed by atoms with van der Waals surface area (Å²) >= 11 is 0. The summed E-state index contributed by atoms with van der Waals surface area (Å²) in [5, 5.41) is 2.84. The molecule has 0 aromatic carbocycles. The Morgan fingerprint density at radius 2 is 2.40 bits per heavy atom. The normalized spacial score (nSPS) is 14.3. The first-order chi connectivity index (χ1) is 7.15. The highest BCUT2D eigenvalue weighted by Crippen LogP contribution is 2.09. The quantitative estimate of drug-likeness (QED) is 0.773. The number of amides is 1. The van der Waals surface area contributed by atoms with Crippen LogP contribution in [0.5, 0.6) is 0 Å². The van der Waals surface area contributed by atoms with E-state index >= 15 is 0 Å². The summed E-state index contributed by atoms with van der Waals surface area (Å²) in [6.45, 7) is 3.80. The monoisotopic (exact) mass is 207 g/mol. The van der Waals surface area contributed by atoms with Gasteiger partial charge < -0.3 is 11.1 Å². The standard InChI is InChI=1S/C11H17N3O/c1-3-10(12)11(15)14-8(2)9-5-4-6-13-7-9/h4-8,10H,3,12H2,1-2H3,(H,14,15)/t8-,10-/m0/s1. The predicted molar refractivity (Wildman–Crippen MR) is 59.1 cm³/mol. The number of hydrogen-bond donors (Lipinski definition) is 2. The molecule has 2 atom stereocenters. The molecule has 3 N–H and O–H groups in total. The molecule has 1 amide bonds. The van der Waals surface area contributed by atoms with Gasteiger partial charge in [-0.25, -0.2) is 0 Å². The number of carbonyl (C=O) groups is 1. The lowest BCUT2D eigenvalue weighted by Crippen LogP contribution is -2.41. The maximum absolute atomic E-state index is 11.5. The minimum atomic E-state index is -0.427. The molecular weight excluding hydrogens is 190 g/mol. The summed E-state index contributed by atoms with van der Waals surface area (Å²) < 4.78 is 0. The van der Waals surface area contributed by atoms with Crippen molar-refractivity contribution in [1.82, 2.24) is 10.3 Å². The molecule has 1 rings (SSSR count). The van der Waals surface area contributed by atoms with Crippen molar-refractivity contribution in [3.8, 4) is 0 Å². The van der Waals surface area contributed by atoms with Crippen LogP contribution < -0.4 is 11.1 Å². The van der Waals surface area contributed by atoms with Crippen molar-refractivity contribution in [3.05, 3.63) is 30.1 Å². The summed E-state index contributed by atoms with van der Waals surface area (Å²) in [6, 6.07) is 3.29. The summed E-state index contributed by atoms with van der Waals surface area (Å²) in [7, 11) is 0. The van der Waals surface area contributed by atoms with Crippen LogP contribution in [-0.2, 0) is 4.79 Å². The molecule has 15 heavy (non-hydrogen) atoms. The van der Waals surface area contributed by atoms with Crippen LogP contribution in [0.4, 0.5) is 0 Å². The van der Waals surface area contributed by atoms with E-state index in [1.54, 1.807) is 12.4 Å². The maximum atomic E-state index is 11.5. The van der Waals surface area contributed by atoms with E-state index in [0.29, 0.717) is 6.42 Å². The van der Waals surface area contributed by atoms with Gasteiger partial charge in [0.2, 0.25) is 5.91 Å². The van der Waals surface area contributed by atoms with Crippen LogP contribution in [0.25, 0.3) is 0 Å². The van der Waals surface area contributed by atoms with E-state index in [2.05, 4.69) is 10.3 Å². The van der Waals surface area contributed by atoms with Gasteiger partial charge in [0.25, 0.3) is 0 Å². The Labute approximate surface area is 89.9 Å². The van der Waals surface area contributed by atoms with E-state index in [1.807, 2.05) is 26.0 Å². The summed E-state index contributed by atoms with van der Waals surface area (Å²) in [5.74, 6) is -0.117. The zero-order valence-electron chi connectivity index (χ0n) is 9.10. The molecule has 0 saturated carbocycles. The molecule has 0 bridgehead atoms. The second kappa shape index (κ2) is 5.46. The molecule has 0 aliphatic carbocycles. The van der Waals surface area contributed by atoms with E-state index < -0.39 is 6.04 Å². The third-order valence-electron chi connectivity index (χ3n) is 2.32. The molecule has 0 radical (unpaired) electrons. The van der Waals surface area contributed by atoms with Crippen LogP contribution in [0, 0.1) is 0 Å². The van der Waals surface area contributed by atoms with Gasteiger partial charge in [-0.15, -0.1) is 0 Å². The molecular formula is C11H17N3O. The molecule has 0 unspecified atom stereocenters. The fraction of sp³-hybridized carbons (Fsp3) is 0.455. The second-order valence-electron chi connectivity index (χ2n) is 3.53. The van der Waals surface area contributed by atoms with Crippen molar-refractivity contribution >= 4 is 5.91 Å². The third-order valence-corrected chi connectivity index (χ3v) is 2.32. The highest BCUT2D eigenvalue weighted by molar-refractivity contribution is 5.81. The number of rotatable bonds is 4. The SMILES string of the molecule is CC[C@H](N)C(=O)N[C@@H](C)c1cccnc1. The largest absolute Gasteiger partial charge is 0.348 e. The number of aromatic nitrogens is 1. The van der Waals surface area contributed by atoms with Crippen molar-refractivity contribution < 1.29 is 4.79 Å². The Hall–Kier alpha value is -1.42. The number of hydrogen-bond acceptors (Lipinski definition) is 3. The van der Waals surface area contributed by atoms with Gasteiger partial charge >= 0.3 is 0 Å². The minimum absolute atomic E-state index is 0.0520. The van der Waals surface area contributed by atoms with Crippen molar-refractivity contribution in [2.75, 3.05) is 0 Å². The van der Waals surface area contributed by atoms with Gasteiger partial charge in [-0.2, -0.15) is 0 Å². The van der Waals surface area contributed by atoms with Gasteiger partial charge in [0.1, 0.15) is 0 Å². The fourth-order valence-corrected chi connectivity index (χ4v) is 1.22. The first kappa shape index (κ1) is 11.7. The Bertz CT molecular complexity index is 313. The average molecular weight is 207 g/mol. The van der Waals surface area contributed by atoms with Gasteiger partial charge in [0, 0.05) is 12.4 Å². The molecule has 1 heterocycles. The zero-order chi connectivity index (χ0) is 11.3. The second-order valence-corrected chi connectivity index (χ2v) is 3.53. The summed E-state index contributed by atoms with van der Waals surface area (Å²) in [6.07, 6.45) is 4.09. The molecule has 82 valence electrons. The molecule has 0 aliphatic rings. The van der Waals surface area contributed by atoms with Crippen LogP contribution in [0.1, 0.15) is 31.9 Å². The lowest BCUT2D eigenvalue weighted by atomic mass is 10.1. The van der Waals surface area contributed by atoms with Gasteiger partial charge in [-0.05, 0) is 25.0 Å². The van der Waals surface area contributed by atoms with E-state index in [1.165, 1.54) is 0 Å². The topological polar surface area (TPSA) is 68.0 Å². The summed E-state index contributed by atoms with van der Waals surface area (Å²) in [4.78, 5) is 15.5. The molecule has 0 spiro atoms. The molecule has 4 nitrogen and oxygen atoms in total. The maximum Gasteiger partial charge on any atom is 0.237 e. The fourth-order valence-electron chi connectivity index (χ4n) is 1.22. The predicted octanol–water partition coefficient (Wildman–Crippen LogP) is 0.996. The smallest absolute Gasteiger partial charge is 0.237 e. The molecule has 4 heteroatoms. The number of carbonyl (C=O) groups excluding carboxylic acids is 1. The van der Waals surface area contributed by atoms with Gasteiger partial charge in [-0.3, -0.25) is 9.78 Å². The average Bonchev–Trinajstić information content (AvgIpc) is 2.29. The van der Waals surface area contributed by atoms with Crippen LogP contribution in [-0.4, -0.2) is 16.9 Å². The van der Waals surface area contributed by atoms with Crippen LogP contribution in [0.15, 0.2) is 24.5 Å². The lowest BCUT2D eigenvalue weighted by Gasteiger charge is -2.16. The number of nitrogens with one attached hydrogen (secondary N) is 1. The highest BCUT2D eigenvalue weighted by atomic mass is 16.2. The van der Waals surface area contributed by atoms with Gasteiger partial charge in [0.15, 0.2) is 0 Å². The molecule has 1 aromatic rings. The first-order valence-corrected chi connectivity index (χ1v) is 5.11. The van der Waals surface area contributed by atoms with E-state index in [-0.39, 0.29) is 11.9 Å². The van der Waals surface area contributed by atoms with Crippen LogP contribution in [0.2, 0.25) is 0 Å². The Morgan fingerprint density at radius 3 is 2.93 bits per heavy atom. The minimum Gasteiger partial charge on any atom is -0.348 e. The van der Waals surface area contributed by atoms with E-state index in [0.717, 1.165) is 5.56 Å². The van der Waals surface area contributed by atoms with Crippen molar-refractivity contribution in [1.29, 1.82) is 0 Å². The van der Waals surface area contributed by atoms with Gasteiger partial charge in [0.05, 0.1) is 12.1 Å². The molecule has 1 aromatic heterocycles. The third kappa shape index (κ3) is 3.32. The zero-order valence-corrected chi connectivity index (χ0v) is 9.10. The number of pyridine rings is 1. The first-order valence-electron chi connectivity index (χ1n) is 5.11. The van der Waals surface area contributed by atoms with Crippen LogP contribution in [0.3, 0.4) is 0 Å². The van der Waals surface area contributed by atoms with Gasteiger partial charge in [-0.1, -0.05) is 13.0 Å².